The molecule has 0 atom stereocenters. The average Bonchev–Trinajstić information content (AvgIpc) is 3.36. The number of thiophene rings is 1. The van der Waals surface area contributed by atoms with Crippen LogP contribution in [-0.2, 0) is 0 Å². The van der Waals surface area contributed by atoms with Crippen LogP contribution in [0.15, 0.2) is 72.2 Å². The quantitative estimate of drug-likeness (QED) is 0.533. The first-order valence-corrected chi connectivity index (χ1v) is 8.83. The maximum atomic E-state index is 3.41. The van der Waals surface area contributed by atoms with E-state index in [1.165, 1.54) is 43.7 Å². The van der Waals surface area contributed by atoms with Gasteiger partial charge >= 0.3 is 0 Å². The molecule has 0 unspecified atom stereocenters. The van der Waals surface area contributed by atoms with Gasteiger partial charge in [0.2, 0.25) is 5.69 Å². The topological polar surface area (TPSA) is 29.8 Å². The van der Waals surface area contributed by atoms with Crippen LogP contribution in [0.25, 0.3) is 22.0 Å². The Balaban J connectivity index is 0.00000157. The second-order valence-corrected chi connectivity index (χ2v) is 6.80. The number of H-pyrrole nitrogens is 1. The van der Waals surface area contributed by atoms with Crippen molar-refractivity contribution in [2.75, 3.05) is 0 Å². The molecule has 2 N–H and O–H groups in total. The van der Waals surface area contributed by atoms with Crippen LogP contribution >= 0.6 is 11.3 Å². The third kappa shape index (κ3) is 2.53. The molecule has 2 aromatic carbocycles. The number of para-hydroxylation sites is 2. The van der Waals surface area contributed by atoms with Crippen molar-refractivity contribution in [1.29, 1.82) is 0 Å². The zero-order chi connectivity index (χ0) is 15.9. The predicted octanol–water partition coefficient (Wildman–Crippen LogP) is 0.989. The van der Waals surface area contributed by atoms with E-state index in [1.54, 1.807) is 11.3 Å². The molecule has 2 aromatic heterocycles. The minimum Gasteiger partial charge on any atom is -1.00 e. The van der Waals surface area contributed by atoms with Crippen molar-refractivity contribution < 1.29 is 17.4 Å². The van der Waals surface area contributed by atoms with Crippen LogP contribution in [0.2, 0.25) is 0 Å². The van der Waals surface area contributed by atoms with Crippen LogP contribution in [0.5, 0.6) is 0 Å². The largest absolute Gasteiger partial charge is 1.00 e. The highest BCUT2D eigenvalue weighted by molar-refractivity contribution is 7.11. The summed E-state index contributed by atoms with van der Waals surface area (Å²) in [7, 11) is 0. The summed E-state index contributed by atoms with van der Waals surface area (Å²) in [5.74, 6) is 0. The lowest BCUT2D eigenvalue weighted by Crippen LogP contribution is -3.00. The van der Waals surface area contributed by atoms with Crippen LogP contribution in [0.4, 0.5) is 5.69 Å². The number of halogens is 1. The Morgan fingerprint density at radius 1 is 0.920 bits per heavy atom. The van der Waals surface area contributed by atoms with Crippen LogP contribution in [-0.4, -0.2) is 11.2 Å². The molecule has 1 aliphatic heterocycles. The number of hydrogen-bond acceptors (Lipinski definition) is 1. The van der Waals surface area contributed by atoms with Crippen molar-refractivity contribution in [1.82, 2.24) is 4.98 Å². The molecule has 5 rings (SSSR count). The Labute approximate surface area is 156 Å². The number of aromatic nitrogens is 1. The van der Waals surface area contributed by atoms with Gasteiger partial charge in [-0.15, -0.1) is 11.3 Å². The van der Waals surface area contributed by atoms with Crippen molar-refractivity contribution in [2.24, 2.45) is 0 Å². The van der Waals surface area contributed by atoms with Crippen molar-refractivity contribution in [2.45, 2.75) is 0 Å². The second-order valence-electron chi connectivity index (χ2n) is 5.85. The van der Waals surface area contributed by atoms with Crippen molar-refractivity contribution in [3.05, 3.63) is 88.2 Å². The first kappa shape index (κ1) is 15.9. The minimum absolute atomic E-state index is 0. The molecule has 25 heavy (non-hydrogen) atoms. The highest BCUT2D eigenvalue weighted by Gasteiger charge is 2.25. The Bertz CT molecular complexity index is 1100. The molecule has 1 aliphatic rings. The minimum atomic E-state index is 0. The number of hydrogen-bond donors (Lipinski definition) is 2. The smallest absolute Gasteiger partial charge is 0.211 e. The summed E-state index contributed by atoms with van der Waals surface area (Å²) in [5.41, 5.74) is 7.37. The third-order valence-electron chi connectivity index (χ3n) is 4.48. The Hall–Kier alpha value is -2.62. The highest BCUT2D eigenvalue weighted by Crippen LogP contribution is 2.38. The zero-order valence-electron chi connectivity index (χ0n) is 13.3. The fourth-order valence-corrected chi connectivity index (χ4v) is 4.19. The molecule has 0 bridgehead atoms. The summed E-state index contributed by atoms with van der Waals surface area (Å²) in [4.78, 5) is 8.11. The summed E-state index contributed by atoms with van der Waals surface area (Å²) in [6, 6.07) is 21.3. The van der Waals surface area contributed by atoms with Gasteiger partial charge in [0.05, 0.1) is 11.1 Å². The Kier molecular flexibility index (Phi) is 4.04. The molecule has 0 spiro atoms. The van der Waals surface area contributed by atoms with Gasteiger partial charge in [-0.1, -0.05) is 36.4 Å². The molecule has 0 saturated heterocycles. The summed E-state index contributed by atoms with van der Waals surface area (Å²) in [6.07, 6.45) is 4.25. The normalized spacial score (nSPS) is 14.4. The maximum absolute atomic E-state index is 3.41. The second kappa shape index (κ2) is 6.36. The number of aromatic amines is 1. The molecular formula is C21H15ClN2S. The van der Waals surface area contributed by atoms with E-state index in [4.69, 9.17) is 0 Å². The number of benzene rings is 2. The summed E-state index contributed by atoms with van der Waals surface area (Å²) in [5, 5.41) is 3.39. The number of rotatable bonds is 2. The summed E-state index contributed by atoms with van der Waals surface area (Å²) >= 11 is 1.78. The van der Waals surface area contributed by atoms with Crippen LogP contribution in [0.3, 0.4) is 0 Å². The van der Waals surface area contributed by atoms with Crippen LogP contribution in [0.1, 0.15) is 16.0 Å². The molecule has 2 nitrogen and oxygen atoms in total. The number of allylic oxidation sites excluding steroid dienone is 1. The van der Waals surface area contributed by atoms with Gasteiger partial charge in [-0.3, -0.25) is 0 Å². The van der Waals surface area contributed by atoms with E-state index in [-0.39, 0.29) is 12.4 Å². The molecule has 0 radical (unpaired) electrons. The first-order chi connectivity index (χ1) is 11.9. The Morgan fingerprint density at radius 3 is 2.64 bits per heavy atom. The van der Waals surface area contributed by atoms with Gasteiger partial charge in [0.25, 0.3) is 0 Å². The molecule has 4 heteroatoms. The van der Waals surface area contributed by atoms with Gasteiger partial charge in [0.15, 0.2) is 6.21 Å². The molecule has 0 amide bonds. The van der Waals surface area contributed by atoms with Gasteiger partial charge in [0.1, 0.15) is 0 Å². The van der Waals surface area contributed by atoms with E-state index in [1.807, 2.05) is 0 Å². The lowest BCUT2D eigenvalue weighted by Gasteiger charge is -2.07. The van der Waals surface area contributed by atoms with E-state index in [9.17, 15) is 0 Å². The SMILES string of the molecule is C1=[NH+]c2ccccc2C1=C(c1cccs1)c1c[nH]c2ccccc12.[Cl-]. The van der Waals surface area contributed by atoms with Crippen molar-refractivity contribution in [3.63, 3.8) is 0 Å². The van der Waals surface area contributed by atoms with Gasteiger partial charge in [-0.25, -0.2) is 4.99 Å². The molecule has 0 fully saturated rings. The maximum Gasteiger partial charge on any atom is 0.211 e. The van der Waals surface area contributed by atoms with Crippen molar-refractivity contribution in [3.8, 4) is 0 Å². The van der Waals surface area contributed by atoms with Gasteiger partial charge < -0.3 is 17.4 Å². The first-order valence-electron chi connectivity index (χ1n) is 7.95. The monoisotopic (exact) mass is 362 g/mol. The average molecular weight is 363 g/mol. The van der Waals surface area contributed by atoms with Crippen LogP contribution in [0, 0.1) is 0 Å². The fraction of sp³-hybridized carbons (Fsp3) is 0. The van der Waals surface area contributed by atoms with E-state index in [0.717, 1.165) is 0 Å². The molecule has 3 heterocycles. The van der Waals surface area contributed by atoms with Gasteiger partial charge in [-0.05, 0) is 23.6 Å². The van der Waals surface area contributed by atoms with Crippen molar-refractivity contribution >= 4 is 45.3 Å². The molecule has 4 aromatic rings. The summed E-state index contributed by atoms with van der Waals surface area (Å²) < 4.78 is 0. The summed E-state index contributed by atoms with van der Waals surface area (Å²) in [6.45, 7) is 0. The lowest BCUT2D eigenvalue weighted by molar-refractivity contribution is -0.342. The van der Waals surface area contributed by atoms with E-state index in [2.05, 4.69) is 88.4 Å². The number of nitrogens with one attached hydrogen (secondary N) is 2. The number of fused-ring (bicyclic) bond motifs is 2. The molecular weight excluding hydrogens is 348 g/mol. The van der Waals surface area contributed by atoms with Crippen LogP contribution < -0.4 is 17.4 Å². The van der Waals surface area contributed by atoms with E-state index < -0.39 is 0 Å². The molecule has 0 saturated carbocycles. The van der Waals surface area contributed by atoms with Gasteiger partial charge in [0, 0.05) is 39.2 Å². The predicted molar refractivity (Wildman–Crippen MR) is 102 cm³/mol. The lowest BCUT2D eigenvalue weighted by atomic mass is 9.94. The third-order valence-corrected chi connectivity index (χ3v) is 5.37. The standard InChI is InChI=1S/C21H14N2S.ClH/c1-3-8-18-14(6-1)16(12-22-18)21(20-10-5-11-24-20)17-13-23-19-9-4-2-7-15(17)19;/h1-13,22H;1H. The van der Waals surface area contributed by atoms with Gasteiger partial charge in [-0.2, -0.15) is 0 Å². The molecule has 122 valence electrons. The zero-order valence-corrected chi connectivity index (χ0v) is 14.9. The fourth-order valence-electron chi connectivity index (χ4n) is 3.39. The van der Waals surface area contributed by atoms with E-state index >= 15 is 0 Å². The van der Waals surface area contributed by atoms with E-state index in [0.29, 0.717) is 0 Å². The molecule has 0 aliphatic carbocycles. The Morgan fingerprint density at radius 2 is 1.76 bits per heavy atom. The highest BCUT2D eigenvalue weighted by atomic mass is 35.5.